The summed E-state index contributed by atoms with van der Waals surface area (Å²) >= 11 is 6.36. The van der Waals surface area contributed by atoms with E-state index in [9.17, 15) is 0 Å². The average Bonchev–Trinajstić information content (AvgIpc) is 3.14. The van der Waals surface area contributed by atoms with Crippen LogP contribution in [0, 0.1) is 0 Å². The number of oxazole rings is 1. The molecular weight excluding hydrogens is 354 g/mol. The number of halogens is 1. The Kier molecular flexibility index (Phi) is 3.92. The number of para-hydroxylation sites is 1. The van der Waals surface area contributed by atoms with Crippen LogP contribution in [0.2, 0.25) is 5.02 Å². The Balaban J connectivity index is 1.66. The maximum absolute atomic E-state index is 6.36. The molecule has 0 N–H and O–H groups in total. The minimum absolute atomic E-state index is 0.623. The van der Waals surface area contributed by atoms with Gasteiger partial charge in [0.1, 0.15) is 5.52 Å². The van der Waals surface area contributed by atoms with Crippen molar-refractivity contribution < 1.29 is 4.42 Å². The molecule has 5 rings (SSSR count). The third-order valence-electron chi connectivity index (χ3n) is 4.83. The van der Waals surface area contributed by atoms with E-state index < -0.39 is 0 Å². The van der Waals surface area contributed by atoms with E-state index in [1.165, 1.54) is 5.56 Å². The molecule has 130 valence electrons. The zero-order valence-electron chi connectivity index (χ0n) is 14.5. The Morgan fingerprint density at radius 2 is 1.52 bits per heavy atom. The highest BCUT2D eigenvalue weighted by atomic mass is 35.5. The van der Waals surface area contributed by atoms with Gasteiger partial charge in [0.05, 0.1) is 0 Å². The fourth-order valence-electron chi connectivity index (χ4n) is 3.53. The number of rotatable bonds is 3. The predicted molar refractivity (Wildman–Crippen MR) is 111 cm³/mol. The lowest BCUT2D eigenvalue weighted by atomic mass is 10.0. The standard InChI is InChI=1S/C24H16ClNO/c25-21-13-6-10-18-19(21)11-5-12-20(18)24-26-22-14-4-9-17(23(22)27-24)15-16-7-2-1-3-8-16/h1-14H,15H2. The zero-order chi connectivity index (χ0) is 18.2. The quantitative estimate of drug-likeness (QED) is 0.346. The first kappa shape index (κ1) is 16.1. The summed E-state index contributed by atoms with van der Waals surface area (Å²) in [6.07, 6.45) is 0.814. The smallest absolute Gasteiger partial charge is 0.227 e. The molecule has 0 radical (unpaired) electrons. The number of fused-ring (bicyclic) bond motifs is 2. The summed E-state index contributed by atoms with van der Waals surface area (Å²) in [6.45, 7) is 0. The lowest BCUT2D eigenvalue weighted by Crippen LogP contribution is -1.87. The van der Waals surface area contributed by atoms with Crippen molar-refractivity contribution in [2.45, 2.75) is 6.42 Å². The third-order valence-corrected chi connectivity index (χ3v) is 5.16. The maximum Gasteiger partial charge on any atom is 0.227 e. The highest BCUT2D eigenvalue weighted by Gasteiger charge is 2.14. The van der Waals surface area contributed by atoms with Gasteiger partial charge in [-0.3, -0.25) is 0 Å². The van der Waals surface area contributed by atoms with Crippen molar-refractivity contribution in [3.05, 3.63) is 101 Å². The molecule has 0 aliphatic carbocycles. The highest BCUT2D eigenvalue weighted by molar-refractivity contribution is 6.35. The molecule has 0 atom stereocenters. The SMILES string of the molecule is Clc1cccc2c(-c3nc4cccc(Cc5ccccc5)c4o3)cccc12. The molecule has 3 heteroatoms. The molecular formula is C24H16ClNO. The lowest BCUT2D eigenvalue weighted by molar-refractivity contribution is 0.617. The molecule has 5 aromatic rings. The van der Waals surface area contributed by atoms with E-state index in [2.05, 4.69) is 36.4 Å². The Morgan fingerprint density at radius 3 is 2.41 bits per heavy atom. The van der Waals surface area contributed by atoms with Gasteiger partial charge in [-0.1, -0.05) is 78.3 Å². The Morgan fingerprint density at radius 1 is 0.741 bits per heavy atom. The molecule has 4 aromatic carbocycles. The largest absolute Gasteiger partial charge is 0.436 e. The van der Waals surface area contributed by atoms with Crippen LogP contribution >= 0.6 is 11.6 Å². The fourth-order valence-corrected chi connectivity index (χ4v) is 3.77. The van der Waals surface area contributed by atoms with Crippen LogP contribution in [0.5, 0.6) is 0 Å². The first-order valence-electron chi connectivity index (χ1n) is 8.89. The van der Waals surface area contributed by atoms with Crippen molar-refractivity contribution in [2.75, 3.05) is 0 Å². The van der Waals surface area contributed by atoms with Crippen LogP contribution < -0.4 is 0 Å². The van der Waals surface area contributed by atoms with Crippen LogP contribution in [0.3, 0.4) is 0 Å². The van der Waals surface area contributed by atoms with E-state index >= 15 is 0 Å². The van der Waals surface area contributed by atoms with Crippen LogP contribution in [0.4, 0.5) is 0 Å². The summed E-state index contributed by atoms with van der Waals surface area (Å²) in [4.78, 5) is 4.76. The van der Waals surface area contributed by atoms with Crippen LogP contribution in [0.25, 0.3) is 33.3 Å². The van der Waals surface area contributed by atoms with Crippen LogP contribution in [0.15, 0.2) is 89.3 Å². The van der Waals surface area contributed by atoms with Gasteiger partial charge in [0, 0.05) is 28.0 Å². The van der Waals surface area contributed by atoms with E-state index in [1.54, 1.807) is 0 Å². The molecule has 0 saturated carbocycles. The Labute approximate surface area is 162 Å². The van der Waals surface area contributed by atoms with Gasteiger partial charge >= 0.3 is 0 Å². The maximum atomic E-state index is 6.36. The summed E-state index contributed by atoms with van der Waals surface area (Å²) in [5.74, 6) is 0.623. The van der Waals surface area contributed by atoms with E-state index in [-0.39, 0.29) is 0 Å². The minimum atomic E-state index is 0.623. The van der Waals surface area contributed by atoms with Gasteiger partial charge in [-0.2, -0.15) is 0 Å². The average molecular weight is 370 g/mol. The van der Waals surface area contributed by atoms with Crippen LogP contribution in [-0.4, -0.2) is 4.98 Å². The molecule has 0 aliphatic rings. The fraction of sp³-hybridized carbons (Fsp3) is 0.0417. The molecule has 0 unspecified atom stereocenters. The topological polar surface area (TPSA) is 26.0 Å². The van der Waals surface area contributed by atoms with Gasteiger partial charge in [-0.25, -0.2) is 4.98 Å². The second kappa shape index (κ2) is 6.57. The molecule has 0 saturated heterocycles. The second-order valence-electron chi connectivity index (χ2n) is 6.59. The number of hydrogen-bond acceptors (Lipinski definition) is 2. The van der Waals surface area contributed by atoms with Gasteiger partial charge in [0.2, 0.25) is 5.89 Å². The number of aromatic nitrogens is 1. The van der Waals surface area contributed by atoms with E-state index in [4.69, 9.17) is 21.0 Å². The predicted octanol–water partition coefficient (Wildman–Crippen LogP) is 6.89. The highest BCUT2D eigenvalue weighted by Crippen LogP contribution is 2.34. The molecule has 0 bridgehead atoms. The molecule has 1 heterocycles. The lowest BCUT2D eigenvalue weighted by Gasteiger charge is -2.04. The van der Waals surface area contributed by atoms with Crippen molar-refractivity contribution in [1.29, 1.82) is 0 Å². The molecule has 0 spiro atoms. The molecule has 0 fully saturated rings. The van der Waals surface area contributed by atoms with Crippen molar-refractivity contribution in [2.24, 2.45) is 0 Å². The minimum Gasteiger partial charge on any atom is -0.436 e. The third kappa shape index (κ3) is 2.88. The first-order valence-corrected chi connectivity index (χ1v) is 9.27. The molecule has 2 nitrogen and oxygen atoms in total. The van der Waals surface area contributed by atoms with Crippen molar-refractivity contribution in [3.63, 3.8) is 0 Å². The molecule has 0 aliphatic heterocycles. The number of benzene rings is 4. The number of nitrogens with zero attached hydrogens (tertiary/aromatic N) is 1. The molecule has 27 heavy (non-hydrogen) atoms. The van der Waals surface area contributed by atoms with E-state index in [0.29, 0.717) is 5.89 Å². The van der Waals surface area contributed by atoms with Crippen molar-refractivity contribution >= 4 is 33.5 Å². The molecule has 0 amide bonds. The summed E-state index contributed by atoms with van der Waals surface area (Å²) in [5, 5.41) is 2.78. The Hall–Kier alpha value is -3.10. The van der Waals surface area contributed by atoms with Gasteiger partial charge in [-0.15, -0.1) is 0 Å². The van der Waals surface area contributed by atoms with E-state index in [1.807, 2.05) is 48.5 Å². The first-order chi connectivity index (χ1) is 13.3. The van der Waals surface area contributed by atoms with Crippen molar-refractivity contribution in [3.8, 4) is 11.5 Å². The summed E-state index contributed by atoms with van der Waals surface area (Å²) in [5.41, 5.74) is 5.06. The molecule has 1 aromatic heterocycles. The van der Waals surface area contributed by atoms with Gasteiger partial charge in [0.15, 0.2) is 5.58 Å². The summed E-state index contributed by atoms with van der Waals surface area (Å²) in [6, 6.07) is 28.5. The summed E-state index contributed by atoms with van der Waals surface area (Å²) in [7, 11) is 0. The van der Waals surface area contributed by atoms with Crippen LogP contribution in [-0.2, 0) is 6.42 Å². The van der Waals surface area contributed by atoms with Crippen molar-refractivity contribution in [1.82, 2.24) is 4.98 Å². The zero-order valence-corrected chi connectivity index (χ0v) is 15.3. The normalized spacial score (nSPS) is 11.3. The van der Waals surface area contributed by atoms with Crippen LogP contribution in [0.1, 0.15) is 11.1 Å². The van der Waals surface area contributed by atoms with E-state index in [0.717, 1.165) is 44.4 Å². The van der Waals surface area contributed by atoms with Gasteiger partial charge < -0.3 is 4.42 Å². The van der Waals surface area contributed by atoms with Gasteiger partial charge in [-0.05, 0) is 29.1 Å². The second-order valence-corrected chi connectivity index (χ2v) is 6.99. The Bertz CT molecular complexity index is 1260. The monoisotopic (exact) mass is 369 g/mol. The number of hydrogen-bond donors (Lipinski definition) is 0. The van der Waals surface area contributed by atoms with Gasteiger partial charge in [0.25, 0.3) is 0 Å². The summed E-state index contributed by atoms with van der Waals surface area (Å²) < 4.78 is 6.25.